The Morgan fingerprint density at radius 3 is 2.43 bits per heavy atom. The SMILES string of the molecule is NCCO[C@H](OCCO)[C@H](CO)NC(=O)C1CCCCC1. The Morgan fingerprint density at radius 1 is 1.19 bits per heavy atom. The van der Waals surface area contributed by atoms with E-state index in [1.807, 2.05) is 0 Å². The van der Waals surface area contributed by atoms with E-state index in [0.717, 1.165) is 25.7 Å². The third kappa shape index (κ3) is 6.71. The predicted molar refractivity (Wildman–Crippen MR) is 77.4 cm³/mol. The van der Waals surface area contributed by atoms with Gasteiger partial charge in [-0.3, -0.25) is 4.79 Å². The van der Waals surface area contributed by atoms with E-state index in [1.54, 1.807) is 0 Å². The van der Waals surface area contributed by atoms with Crippen molar-refractivity contribution >= 4 is 5.91 Å². The zero-order chi connectivity index (χ0) is 15.5. The summed E-state index contributed by atoms with van der Waals surface area (Å²) in [6.45, 7) is 0.195. The summed E-state index contributed by atoms with van der Waals surface area (Å²) in [4.78, 5) is 12.2. The van der Waals surface area contributed by atoms with Crippen molar-refractivity contribution in [1.29, 1.82) is 0 Å². The first-order chi connectivity index (χ1) is 10.2. The summed E-state index contributed by atoms with van der Waals surface area (Å²) < 4.78 is 10.7. The van der Waals surface area contributed by atoms with Gasteiger partial charge >= 0.3 is 0 Å². The van der Waals surface area contributed by atoms with Crippen LogP contribution in [0.4, 0.5) is 0 Å². The minimum atomic E-state index is -0.807. The fraction of sp³-hybridized carbons (Fsp3) is 0.929. The van der Waals surface area contributed by atoms with E-state index >= 15 is 0 Å². The number of carbonyl (C=O) groups excluding carboxylic acids is 1. The summed E-state index contributed by atoms with van der Waals surface area (Å²) in [7, 11) is 0. The largest absolute Gasteiger partial charge is 0.394 e. The minimum absolute atomic E-state index is 0.000741. The highest BCUT2D eigenvalue weighted by atomic mass is 16.7. The molecule has 5 N–H and O–H groups in total. The number of rotatable bonds is 10. The molecule has 0 aliphatic heterocycles. The van der Waals surface area contributed by atoms with E-state index in [1.165, 1.54) is 6.42 Å². The summed E-state index contributed by atoms with van der Waals surface area (Å²) in [6.07, 6.45) is 4.27. The molecule has 0 saturated heterocycles. The predicted octanol–water partition coefficient (Wildman–Crippen LogP) is -0.646. The monoisotopic (exact) mass is 304 g/mol. The summed E-state index contributed by atoms with van der Waals surface area (Å²) in [5.74, 6) is -0.0662. The van der Waals surface area contributed by atoms with Gasteiger partial charge in [-0.25, -0.2) is 0 Å². The van der Waals surface area contributed by atoms with Crippen LogP contribution in [0.1, 0.15) is 32.1 Å². The van der Waals surface area contributed by atoms with Crippen LogP contribution in [-0.4, -0.2) is 61.4 Å². The highest BCUT2D eigenvalue weighted by Crippen LogP contribution is 2.23. The quantitative estimate of drug-likeness (QED) is 0.399. The zero-order valence-electron chi connectivity index (χ0n) is 12.5. The van der Waals surface area contributed by atoms with Crippen molar-refractivity contribution in [2.45, 2.75) is 44.4 Å². The molecule has 7 nitrogen and oxygen atoms in total. The molecule has 0 aromatic heterocycles. The van der Waals surface area contributed by atoms with E-state index in [9.17, 15) is 9.90 Å². The van der Waals surface area contributed by atoms with Crippen LogP contribution in [0.3, 0.4) is 0 Å². The number of nitrogens with two attached hydrogens (primary N) is 1. The Hall–Kier alpha value is -0.730. The maximum absolute atomic E-state index is 12.2. The molecule has 0 spiro atoms. The molecular weight excluding hydrogens is 276 g/mol. The second kappa shape index (κ2) is 10.9. The molecule has 1 aliphatic carbocycles. The van der Waals surface area contributed by atoms with E-state index in [2.05, 4.69) is 5.32 Å². The molecule has 0 aromatic carbocycles. The minimum Gasteiger partial charge on any atom is -0.394 e. The molecule has 1 fully saturated rings. The molecule has 0 unspecified atom stereocenters. The summed E-state index contributed by atoms with van der Waals surface area (Å²) in [5.41, 5.74) is 5.39. The van der Waals surface area contributed by atoms with Gasteiger partial charge in [-0.1, -0.05) is 19.3 Å². The molecule has 0 bridgehead atoms. The molecule has 21 heavy (non-hydrogen) atoms. The third-order valence-electron chi connectivity index (χ3n) is 3.60. The first-order valence-corrected chi connectivity index (χ1v) is 7.68. The van der Waals surface area contributed by atoms with Crippen LogP contribution < -0.4 is 11.1 Å². The van der Waals surface area contributed by atoms with Crippen LogP contribution >= 0.6 is 0 Å². The lowest BCUT2D eigenvalue weighted by Gasteiger charge is -2.29. The number of hydrogen-bond acceptors (Lipinski definition) is 6. The van der Waals surface area contributed by atoms with Gasteiger partial charge in [0, 0.05) is 12.5 Å². The highest BCUT2D eigenvalue weighted by molar-refractivity contribution is 5.79. The zero-order valence-corrected chi connectivity index (χ0v) is 12.5. The molecule has 124 valence electrons. The number of hydrogen-bond donors (Lipinski definition) is 4. The molecule has 1 aliphatic rings. The van der Waals surface area contributed by atoms with Gasteiger partial charge in [0.1, 0.15) is 6.04 Å². The average Bonchev–Trinajstić information content (AvgIpc) is 2.54. The number of aliphatic hydroxyl groups excluding tert-OH is 2. The van der Waals surface area contributed by atoms with Gasteiger partial charge in [0.05, 0.1) is 26.4 Å². The Labute approximate surface area is 125 Å². The van der Waals surface area contributed by atoms with Gasteiger partial charge in [0.2, 0.25) is 5.91 Å². The fourth-order valence-electron chi connectivity index (χ4n) is 2.50. The second-order valence-electron chi connectivity index (χ2n) is 5.25. The van der Waals surface area contributed by atoms with Gasteiger partial charge in [-0.15, -0.1) is 0 Å². The maximum Gasteiger partial charge on any atom is 0.223 e. The summed E-state index contributed by atoms with van der Waals surface area (Å²) in [5, 5.41) is 21.1. The van der Waals surface area contributed by atoms with Crippen LogP contribution in [0.25, 0.3) is 0 Å². The Bertz CT molecular complexity index is 277. The number of amides is 1. The average molecular weight is 304 g/mol. The number of aliphatic hydroxyl groups is 2. The van der Waals surface area contributed by atoms with Crippen LogP contribution in [0.15, 0.2) is 0 Å². The third-order valence-corrected chi connectivity index (χ3v) is 3.60. The van der Waals surface area contributed by atoms with Gasteiger partial charge in [0.15, 0.2) is 6.29 Å². The van der Waals surface area contributed by atoms with E-state index in [0.29, 0.717) is 6.54 Å². The lowest BCUT2D eigenvalue weighted by atomic mass is 9.88. The van der Waals surface area contributed by atoms with E-state index in [4.69, 9.17) is 20.3 Å². The number of nitrogens with one attached hydrogen (secondary N) is 1. The highest BCUT2D eigenvalue weighted by Gasteiger charge is 2.28. The van der Waals surface area contributed by atoms with Gasteiger partial charge in [0.25, 0.3) is 0 Å². The van der Waals surface area contributed by atoms with E-state index < -0.39 is 12.3 Å². The lowest BCUT2D eigenvalue weighted by Crippen LogP contribution is -2.50. The summed E-state index contributed by atoms with van der Waals surface area (Å²) >= 11 is 0. The molecule has 0 aromatic rings. The van der Waals surface area contributed by atoms with Crippen molar-refractivity contribution in [2.24, 2.45) is 11.7 Å². The van der Waals surface area contributed by atoms with Crippen molar-refractivity contribution in [2.75, 3.05) is 33.0 Å². The van der Waals surface area contributed by atoms with Crippen molar-refractivity contribution in [3.63, 3.8) is 0 Å². The fourth-order valence-corrected chi connectivity index (χ4v) is 2.50. The standard InChI is InChI=1S/C14H28N2O5/c15-6-8-20-14(21-9-7-17)12(10-18)16-13(19)11-4-2-1-3-5-11/h11-12,14,17-18H,1-10,15H2,(H,16,19)/t12-,14+/m0/s1. The topological polar surface area (TPSA) is 114 Å². The summed E-state index contributed by atoms with van der Waals surface area (Å²) in [6, 6.07) is -0.655. The molecule has 1 amide bonds. The maximum atomic E-state index is 12.2. The van der Waals surface area contributed by atoms with Crippen molar-refractivity contribution in [3.8, 4) is 0 Å². The Kier molecular flexibility index (Phi) is 9.53. The van der Waals surface area contributed by atoms with Gasteiger partial charge in [-0.05, 0) is 12.8 Å². The molecular formula is C14H28N2O5. The molecule has 0 heterocycles. The van der Waals surface area contributed by atoms with Gasteiger partial charge in [-0.2, -0.15) is 0 Å². The molecule has 1 rings (SSSR count). The molecule has 1 saturated carbocycles. The van der Waals surface area contributed by atoms with E-state index in [-0.39, 0.29) is 38.3 Å². The number of ether oxygens (including phenoxy) is 2. The van der Waals surface area contributed by atoms with Crippen LogP contribution in [-0.2, 0) is 14.3 Å². The molecule has 0 radical (unpaired) electrons. The number of carbonyl (C=O) groups is 1. The second-order valence-corrected chi connectivity index (χ2v) is 5.25. The Balaban J connectivity index is 2.52. The van der Waals surface area contributed by atoms with Crippen LogP contribution in [0.5, 0.6) is 0 Å². The lowest BCUT2D eigenvalue weighted by molar-refractivity contribution is -0.171. The smallest absolute Gasteiger partial charge is 0.223 e. The first-order valence-electron chi connectivity index (χ1n) is 7.68. The molecule has 2 atom stereocenters. The first kappa shape index (κ1) is 18.3. The Morgan fingerprint density at radius 2 is 1.86 bits per heavy atom. The molecule has 7 heteroatoms. The van der Waals surface area contributed by atoms with Gasteiger partial charge < -0.3 is 30.7 Å². The van der Waals surface area contributed by atoms with Crippen molar-refractivity contribution in [1.82, 2.24) is 5.32 Å². The van der Waals surface area contributed by atoms with Crippen molar-refractivity contribution in [3.05, 3.63) is 0 Å². The normalized spacial score (nSPS) is 19.2. The van der Waals surface area contributed by atoms with Crippen LogP contribution in [0.2, 0.25) is 0 Å². The van der Waals surface area contributed by atoms with Crippen molar-refractivity contribution < 1.29 is 24.5 Å². The van der Waals surface area contributed by atoms with Crippen LogP contribution in [0, 0.1) is 5.92 Å².